The second-order valence-electron chi connectivity index (χ2n) is 12.7. The third kappa shape index (κ3) is 4.25. The van der Waals surface area contributed by atoms with Gasteiger partial charge in [0, 0.05) is 59.5 Å². The Morgan fingerprint density at radius 3 is 2.38 bits per heavy atom. The molecule has 42 heavy (non-hydrogen) atoms. The quantitative estimate of drug-likeness (QED) is 0.222. The first-order valence-electron chi connectivity index (χ1n) is 15.3. The number of nitrogens with zero attached hydrogens (tertiary/aromatic N) is 2. The van der Waals surface area contributed by atoms with E-state index in [1.165, 1.54) is 11.3 Å². The number of carbonyl (C=O) groups is 1. The maximum absolute atomic E-state index is 13.4. The van der Waals surface area contributed by atoms with Crippen molar-refractivity contribution >= 4 is 23.0 Å². The van der Waals surface area contributed by atoms with Crippen LogP contribution in [0.2, 0.25) is 0 Å². The first-order chi connectivity index (χ1) is 20.3. The minimum atomic E-state index is -1.08. The molecule has 3 aliphatic rings. The molecule has 1 atom stereocenters. The summed E-state index contributed by atoms with van der Waals surface area (Å²) in [6.45, 7) is 11.8. The Morgan fingerprint density at radius 2 is 1.57 bits per heavy atom. The molecule has 0 amide bonds. The van der Waals surface area contributed by atoms with Crippen molar-refractivity contribution in [3.63, 3.8) is 0 Å². The monoisotopic (exact) mass is 558 g/mol. The molecule has 5 nitrogen and oxygen atoms in total. The van der Waals surface area contributed by atoms with Crippen molar-refractivity contribution in [2.45, 2.75) is 46.1 Å². The van der Waals surface area contributed by atoms with E-state index in [0.717, 1.165) is 72.0 Å². The molecule has 3 heterocycles. The summed E-state index contributed by atoms with van der Waals surface area (Å²) in [4.78, 5) is 18.3. The zero-order chi connectivity index (χ0) is 29.0. The van der Waals surface area contributed by atoms with E-state index in [-0.39, 0.29) is 5.97 Å². The SMILES string of the molecule is CC(C)CN(CC(C)C)c1ccc2c(c1)Oc1ccc(N3CCCc4ccccc43)cc1C21OC(=O)c2ccccc21. The van der Waals surface area contributed by atoms with Gasteiger partial charge in [0.2, 0.25) is 0 Å². The number of ether oxygens (including phenoxy) is 2. The van der Waals surface area contributed by atoms with Gasteiger partial charge in [-0.2, -0.15) is 0 Å². The van der Waals surface area contributed by atoms with Gasteiger partial charge < -0.3 is 19.3 Å². The van der Waals surface area contributed by atoms with E-state index in [2.05, 4.69) is 92.1 Å². The summed E-state index contributed by atoms with van der Waals surface area (Å²) in [5.74, 6) is 2.20. The van der Waals surface area contributed by atoms with Gasteiger partial charge in [-0.3, -0.25) is 0 Å². The molecule has 3 aliphatic heterocycles. The molecule has 0 aromatic heterocycles. The highest BCUT2D eigenvalue weighted by Crippen LogP contribution is 2.57. The minimum Gasteiger partial charge on any atom is -0.456 e. The Morgan fingerprint density at radius 1 is 0.810 bits per heavy atom. The number of rotatable bonds is 6. The van der Waals surface area contributed by atoms with Crippen molar-refractivity contribution < 1.29 is 14.3 Å². The van der Waals surface area contributed by atoms with E-state index in [1.54, 1.807) is 0 Å². The molecule has 5 heteroatoms. The summed E-state index contributed by atoms with van der Waals surface area (Å²) >= 11 is 0. The Hall–Kier alpha value is -4.25. The standard InChI is InChI=1S/C37H38N2O3/c1-24(2)22-38(23-25(3)4)27-15-17-31-35(21-27)41-34-18-16-28(39-19-9-11-26-10-5-8-14-33(26)39)20-32(34)37(31)30-13-7-6-12-29(30)36(40)42-37/h5-8,10,12-18,20-21,24-25H,9,11,19,22-23H2,1-4H3. The van der Waals surface area contributed by atoms with Gasteiger partial charge in [-0.1, -0.05) is 64.1 Å². The molecule has 4 aromatic carbocycles. The lowest BCUT2D eigenvalue weighted by Crippen LogP contribution is -2.34. The van der Waals surface area contributed by atoms with Crippen LogP contribution < -0.4 is 14.5 Å². The van der Waals surface area contributed by atoms with Crippen molar-refractivity contribution in [3.8, 4) is 11.5 Å². The fraction of sp³-hybridized carbons (Fsp3) is 0.324. The van der Waals surface area contributed by atoms with Crippen LogP contribution in [0.4, 0.5) is 17.1 Å². The van der Waals surface area contributed by atoms with E-state index < -0.39 is 5.60 Å². The molecule has 0 radical (unpaired) electrons. The molecule has 0 aliphatic carbocycles. The van der Waals surface area contributed by atoms with Crippen LogP contribution in [-0.4, -0.2) is 25.6 Å². The van der Waals surface area contributed by atoms with Gasteiger partial charge in [-0.25, -0.2) is 4.79 Å². The highest BCUT2D eigenvalue weighted by molar-refractivity contribution is 5.97. The fourth-order valence-electron chi connectivity index (χ4n) is 6.98. The van der Waals surface area contributed by atoms with E-state index in [1.807, 2.05) is 30.3 Å². The number of carbonyl (C=O) groups excluding carboxylic acids is 1. The van der Waals surface area contributed by atoms with Crippen LogP contribution in [0.3, 0.4) is 0 Å². The summed E-state index contributed by atoms with van der Waals surface area (Å²) in [7, 11) is 0. The van der Waals surface area contributed by atoms with Gasteiger partial charge in [0.25, 0.3) is 0 Å². The number of hydrogen-bond acceptors (Lipinski definition) is 5. The van der Waals surface area contributed by atoms with Gasteiger partial charge >= 0.3 is 5.97 Å². The first-order valence-corrected chi connectivity index (χ1v) is 15.3. The molecule has 4 aromatic rings. The van der Waals surface area contributed by atoms with Crippen molar-refractivity contribution in [2.75, 3.05) is 29.4 Å². The maximum atomic E-state index is 13.4. The summed E-state index contributed by atoms with van der Waals surface area (Å²) in [6.07, 6.45) is 2.17. The molecular weight excluding hydrogens is 520 g/mol. The van der Waals surface area contributed by atoms with Crippen LogP contribution in [-0.2, 0) is 16.8 Å². The maximum Gasteiger partial charge on any atom is 0.340 e. The molecule has 1 unspecified atom stereocenters. The lowest BCUT2D eigenvalue weighted by atomic mass is 9.77. The van der Waals surface area contributed by atoms with Crippen LogP contribution in [0, 0.1) is 11.8 Å². The molecular formula is C37H38N2O3. The number of hydrogen-bond donors (Lipinski definition) is 0. The van der Waals surface area contributed by atoms with Crippen molar-refractivity contribution in [1.82, 2.24) is 0 Å². The zero-order valence-electron chi connectivity index (χ0n) is 24.9. The van der Waals surface area contributed by atoms with Crippen LogP contribution in [0.15, 0.2) is 84.9 Å². The topological polar surface area (TPSA) is 42.0 Å². The number of aryl methyl sites for hydroxylation is 1. The van der Waals surface area contributed by atoms with E-state index in [0.29, 0.717) is 17.4 Å². The Bertz CT molecular complexity index is 1670. The highest BCUT2D eigenvalue weighted by Gasteiger charge is 2.53. The van der Waals surface area contributed by atoms with Gasteiger partial charge in [0.15, 0.2) is 5.60 Å². The molecule has 0 saturated carbocycles. The molecule has 7 rings (SSSR count). The largest absolute Gasteiger partial charge is 0.456 e. The molecule has 0 N–H and O–H groups in total. The van der Waals surface area contributed by atoms with Crippen molar-refractivity contribution in [1.29, 1.82) is 0 Å². The summed E-state index contributed by atoms with van der Waals surface area (Å²) in [5.41, 5.74) is 6.90. The lowest BCUT2D eigenvalue weighted by Gasteiger charge is -2.39. The summed E-state index contributed by atoms with van der Waals surface area (Å²) in [6, 6.07) is 29.2. The van der Waals surface area contributed by atoms with Crippen molar-refractivity contribution in [2.24, 2.45) is 11.8 Å². The number of esters is 1. The smallest absolute Gasteiger partial charge is 0.340 e. The summed E-state index contributed by atoms with van der Waals surface area (Å²) in [5, 5.41) is 0. The van der Waals surface area contributed by atoms with Gasteiger partial charge in [-0.15, -0.1) is 0 Å². The Labute approximate surface area is 248 Å². The first kappa shape index (κ1) is 26.6. The Kier molecular flexibility index (Phi) is 6.49. The normalized spacial score (nSPS) is 18.3. The van der Waals surface area contributed by atoms with Crippen molar-refractivity contribution in [3.05, 3.63) is 113 Å². The lowest BCUT2D eigenvalue weighted by molar-refractivity contribution is 0.0224. The average Bonchev–Trinajstić information content (AvgIpc) is 3.28. The molecule has 1 spiro atoms. The van der Waals surface area contributed by atoms with Crippen LogP contribution >= 0.6 is 0 Å². The fourth-order valence-corrected chi connectivity index (χ4v) is 6.98. The number of benzene rings is 4. The summed E-state index contributed by atoms with van der Waals surface area (Å²) < 4.78 is 13.2. The predicted molar refractivity (Wildman–Crippen MR) is 168 cm³/mol. The number of fused-ring (bicyclic) bond motifs is 7. The second kappa shape index (κ2) is 10.2. The van der Waals surface area contributed by atoms with Gasteiger partial charge in [0.1, 0.15) is 11.5 Å². The van der Waals surface area contributed by atoms with Gasteiger partial charge in [-0.05, 0) is 72.7 Å². The molecule has 0 saturated heterocycles. The minimum absolute atomic E-state index is 0.302. The zero-order valence-corrected chi connectivity index (χ0v) is 24.9. The average molecular weight is 559 g/mol. The van der Waals surface area contributed by atoms with E-state index >= 15 is 0 Å². The molecule has 0 fully saturated rings. The van der Waals surface area contributed by atoms with E-state index in [4.69, 9.17) is 9.47 Å². The van der Waals surface area contributed by atoms with E-state index in [9.17, 15) is 4.79 Å². The third-order valence-corrected chi connectivity index (χ3v) is 8.64. The second-order valence-corrected chi connectivity index (χ2v) is 12.7. The Balaban J connectivity index is 1.40. The van der Waals surface area contributed by atoms with Gasteiger partial charge in [0.05, 0.1) is 5.56 Å². The van der Waals surface area contributed by atoms with Crippen LogP contribution in [0.5, 0.6) is 11.5 Å². The number of para-hydroxylation sites is 1. The van der Waals surface area contributed by atoms with Crippen LogP contribution in [0.25, 0.3) is 0 Å². The molecule has 0 bridgehead atoms. The molecule has 214 valence electrons. The predicted octanol–water partition coefficient (Wildman–Crippen LogP) is 8.46. The third-order valence-electron chi connectivity index (χ3n) is 8.64. The highest BCUT2D eigenvalue weighted by atomic mass is 16.6. The van der Waals surface area contributed by atoms with Crippen LogP contribution in [0.1, 0.15) is 66.7 Å². The number of anilines is 3.